The van der Waals surface area contributed by atoms with Crippen molar-refractivity contribution < 1.29 is 9.13 Å². The summed E-state index contributed by atoms with van der Waals surface area (Å²) in [6.45, 7) is 3.66. The fourth-order valence-electron chi connectivity index (χ4n) is 0.711. The molecule has 0 saturated heterocycles. The van der Waals surface area contributed by atoms with Gasteiger partial charge in [-0.1, -0.05) is 12.7 Å². The SMILES string of the molecule is C=CCOc1nc(NC)ncc1F. The van der Waals surface area contributed by atoms with E-state index in [0.717, 1.165) is 6.20 Å². The zero-order valence-electron chi connectivity index (χ0n) is 7.25. The Labute approximate surface area is 75.5 Å². The van der Waals surface area contributed by atoms with Crippen molar-refractivity contribution in [3.63, 3.8) is 0 Å². The number of aromatic nitrogens is 2. The third kappa shape index (κ3) is 2.40. The Balaban J connectivity index is 2.83. The van der Waals surface area contributed by atoms with Gasteiger partial charge in [-0.05, 0) is 0 Å². The van der Waals surface area contributed by atoms with Gasteiger partial charge in [0.2, 0.25) is 11.8 Å². The largest absolute Gasteiger partial charge is 0.471 e. The van der Waals surface area contributed by atoms with Crippen molar-refractivity contribution in [2.45, 2.75) is 0 Å². The van der Waals surface area contributed by atoms with Crippen LogP contribution < -0.4 is 10.1 Å². The molecule has 0 aliphatic heterocycles. The lowest BCUT2D eigenvalue weighted by atomic mass is 10.6. The lowest BCUT2D eigenvalue weighted by molar-refractivity contribution is 0.326. The molecule has 5 heteroatoms. The zero-order valence-corrected chi connectivity index (χ0v) is 7.25. The molecule has 0 aliphatic rings. The Hall–Kier alpha value is -1.65. The van der Waals surface area contributed by atoms with Crippen LogP contribution in [0.3, 0.4) is 0 Å². The van der Waals surface area contributed by atoms with Gasteiger partial charge < -0.3 is 10.1 Å². The standard InChI is InChI=1S/C8H10FN3O/c1-3-4-13-7-6(9)5-11-8(10-2)12-7/h3,5H,1,4H2,2H3,(H,10,11,12). The molecule has 1 aromatic rings. The molecule has 13 heavy (non-hydrogen) atoms. The van der Waals surface area contributed by atoms with E-state index in [0.29, 0.717) is 5.95 Å². The quantitative estimate of drug-likeness (QED) is 0.713. The van der Waals surface area contributed by atoms with Gasteiger partial charge in [-0.2, -0.15) is 9.37 Å². The van der Waals surface area contributed by atoms with Crippen molar-refractivity contribution in [3.8, 4) is 5.88 Å². The molecule has 0 amide bonds. The second-order valence-electron chi connectivity index (χ2n) is 2.20. The van der Waals surface area contributed by atoms with Gasteiger partial charge in [0.05, 0.1) is 6.20 Å². The lowest BCUT2D eigenvalue weighted by Crippen LogP contribution is -2.03. The first kappa shape index (κ1) is 9.44. The number of rotatable bonds is 4. The summed E-state index contributed by atoms with van der Waals surface area (Å²) in [5, 5.41) is 2.68. The molecule has 1 heterocycles. The molecule has 0 bridgehead atoms. The number of halogens is 1. The van der Waals surface area contributed by atoms with Gasteiger partial charge in [0.25, 0.3) is 5.88 Å². The van der Waals surface area contributed by atoms with Gasteiger partial charge in [0.15, 0.2) is 0 Å². The molecular formula is C8H10FN3O. The van der Waals surface area contributed by atoms with Crippen LogP contribution in [0.4, 0.5) is 10.3 Å². The molecule has 0 unspecified atom stereocenters. The minimum atomic E-state index is -0.583. The first-order valence-electron chi connectivity index (χ1n) is 3.72. The van der Waals surface area contributed by atoms with Crippen molar-refractivity contribution in [1.29, 1.82) is 0 Å². The van der Waals surface area contributed by atoms with Crippen LogP contribution in [-0.4, -0.2) is 23.6 Å². The van der Waals surface area contributed by atoms with E-state index in [1.807, 2.05) is 0 Å². The summed E-state index contributed by atoms with van der Waals surface area (Å²) in [6, 6.07) is 0. The van der Waals surface area contributed by atoms with Gasteiger partial charge in [-0.15, -0.1) is 0 Å². The molecule has 1 N–H and O–H groups in total. The van der Waals surface area contributed by atoms with E-state index in [1.54, 1.807) is 7.05 Å². The molecule has 0 saturated carbocycles. The Bertz CT molecular complexity index is 303. The Morgan fingerprint density at radius 2 is 2.54 bits per heavy atom. The van der Waals surface area contributed by atoms with Crippen molar-refractivity contribution in [2.24, 2.45) is 0 Å². The summed E-state index contributed by atoms with van der Waals surface area (Å²) in [4.78, 5) is 7.42. The highest BCUT2D eigenvalue weighted by Gasteiger charge is 2.05. The highest BCUT2D eigenvalue weighted by molar-refractivity contribution is 5.27. The van der Waals surface area contributed by atoms with Gasteiger partial charge in [0, 0.05) is 7.05 Å². The average Bonchev–Trinajstić information content (AvgIpc) is 2.17. The van der Waals surface area contributed by atoms with Crippen LogP contribution >= 0.6 is 0 Å². The minimum absolute atomic E-state index is 0.0701. The molecule has 0 spiro atoms. The summed E-state index contributed by atoms with van der Waals surface area (Å²) < 4.78 is 17.9. The number of nitrogens with zero attached hydrogens (tertiary/aromatic N) is 2. The van der Waals surface area contributed by atoms with Crippen molar-refractivity contribution in [2.75, 3.05) is 19.0 Å². The van der Waals surface area contributed by atoms with Crippen LogP contribution in [0.5, 0.6) is 5.88 Å². The fourth-order valence-corrected chi connectivity index (χ4v) is 0.711. The van der Waals surface area contributed by atoms with Crippen LogP contribution in [0, 0.1) is 5.82 Å². The first-order valence-corrected chi connectivity index (χ1v) is 3.72. The molecule has 0 aromatic carbocycles. The van der Waals surface area contributed by atoms with E-state index in [4.69, 9.17) is 4.74 Å². The maximum Gasteiger partial charge on any atom is 0.255 e. The fraction of sp³-hybridized carbons (Fsp3) is 0.250. The van der Waals surface area contributed by atoms with E-state index < -0.39 is 5.82 Å². The molecule has 1 aromatic heterocycles. The van der Waals surface area contributed by atoms with E-state index in [-0.39, 0.29) is 12.5 Å². The van der Waals surface area contributed by atoms with Gasteiger partial charge in [-0.25, -0.2) is 4.98 Å². The third-order valence-electron chi connectivity index (χ3n) is 1.27. The van der Waals surface area contributed by atoms with E-state index in [1.165, 1.54) is 6.08 Å². The number of hydrogen-bond acceptors (Lipinski definition) is 4. The monoisotopic (exact) mass is 183 g/mol. The molecule has 4 nitrogen and oxygen atoms in total. The van der Waals surface area contributed by atoms with E-state index in [2.05, 4.69) is 21.9 Å². The first-order chi connectivity index (χ1) is 6.27. The summed E-state index contributed by atoms with van der Waals surface area (Å²) >= 11 is 0. The molecule has 0 radical (unpaired) electrons. The third-order valence-corrected chi connectivity index (χ3v) is 1.27. The average molecular weight is 183 g/mol. The second kappa shape index (κ2) is 4.39. The van der Waals surface area contributed by atoms with Gasteiger partial charge in [0.1, 0.15) is 6.61 Å². The van der Waals surface area contributed by atoms with Crippen LogP contribution in [0.25, 0.3) is 0 Å². The summed E-state index contributed by atoms with van der Waals surface area (Å²) in [5.41, 5.74) is 0. The predicted molar refractivity (Wildman–Crippen MR) is 47.2 cm³/mol. The molecule has 0 fully saturated rings. The van der Waals surface area contributed by atoms with E-state index >= 15 is 0 Å². The molecular weight excluding hydrogens is 173 g/mol. The van der Waals surface area contributed by atoms with Crippen LogP contribution in [0.15, 0.2) is 18.9 Å². The number of anilines is 1. The topological polar surface area (TPSA) is 47.0 Å². The lowest BCUT2D eigenvalue weighted by Gasteiger charge is -2.04. The van der Waals surface area contributed by atoms with Gasteiger partial charge >= 0.3 is 0 Å². The number of hydrogen-bond donors (Lipinski definition) is 1. The highest BCUT2D eigenvalue weighted by Crippen LogP contribution is 2.13. The zero-order chi connectivity index (χ0) is 9.68. The van der Waals surface area contributed by atoms with Crippen LogP contribution in [-0.2, 0) is 0 Å². The Morgan fingerprint density at radius 1 is 1.77 bits per heavy atom. The van der Waals surface area contributed by atoms with Gasteiger partial charge in [-0.3, -0.25) is 0 Å². The van der Waals surface area contributed by atoms with E-state index in [9.17, 15) is 4.39 Å². The number of ether oxygens (including phenoxy) is 1. The smallest absolute Gasteiger partial charge is 0.255 e. The molecule has 0 atom stereocenters. The van der Waals surface area contributed by atoms with Crippen molar-refractivity contribution in [1.82, 2.24) is 9.97 Å². The maximum atomic E-state index is 12.9. The van der Waals surface area contributed by atoms with Crippen LogP contribution in [0.2, 0.25) is 0 Å². The Kier molecular flexibility index (Phi) is 3.19. The van der Waals surface area contributed by atoms with Crippen molar-refractivity contribution >= 4 is 5.95 Å². The second-order valence-corrected chi connectivity index (χ2v) is 2.20. The summed E-state index contributed by atoms with van der Waals surface area (Å²) in [7, 11) is 1.64. The maximum absolute atomic E-state index is 12.9. The van der Waals surface area contributed by atoms with Crippen molar-refractivity contribution in [3.05, 3.63) is 24.7 Å². The predicted octanol–water partition coefficient (Wildman–Crippen LogP) is 1.22. The molecule has 1 rings (SSSR count). The normalized spacial score (nSPS) is 9.38. The summed E-state index contributed by atoms with van der Waals surface area (Å²) in [6.07, 6.45) is 2.57. The minimum Gasteiger partial charge on any atom is -0.471 e. The Morgan fingerprint density at radius 3 is 3.15 bits per heavy atom. The molecule has 70 valence electrons. The highest BCUT2D eigenvalue weighted by atomic mass is 19.1. The molecule has 0 aliphatic carbocycles. The summed E-state index contributed by atoms with van der Waals surface area (Å²) in [5.74, 6) is -0.333. The number of nitrogens with one attached hydrogen (secondary N) is 1. The van der Waals surface area contributed by atoms with Crippen LogP contribution in [0.1, 0.15) is 0 Å².